The van der Waals surface area contributed by atoms with E-state index in [-0.39, 0.29) is 5.56 Å². The van der Waals surface area contributed by atoms with Crippen molar-refractivity contribution in [3.05, 3.63) is 51.7 Å². The third-order valence-corrected chi connectivity index (χ3v) is 6.69. The maximum absolute atomic E-state index is 13.0. The minimum Gasteiger partial charge on any atom is -0.366 e. The molecule has 0 spiro atoms. The monoisotopic (exact) mass is 421 g/mol. The minimum atomic E-state index is -0.487. The maximum atomic E-state index is 13.0. The number of H-pyrrole nitrogens is 1. The summed E-state index contributed by atoms with van der Waals surface area (Å²) in [7, 11) is 0. The number of carbonyl (C=O) groups excluding carboxylic acids is 1. The van der Waals surface area contributed by atoms with Crippen LogP contribution in [0.2, 0.25) is 0 Å². The lowest BCUT2D eigenvalue weighted by Gasteiger charge is -2.36. The number of aryl methyl sites for hydroxylation is 1. The molecular formula is C24H31N5O2. The van der Waals surface area contributed by atoms with Gasteiger partial charge in [-0.1, -0.05) is 39.8 Å². The number of aromatic amines is 1. The van der Waals surface area contributed by atoms with E-state index in [4.69, 9.17) is 15.8 Å². The van der Waals surface area contributed by atoms with E-state index in [1.165, 1.54) is 0 Å². The Hall–Kier alpha value is -2.96. The van der Waals surface area contributed by atoms with E-state index in [1.807, 2.05) is 6.92 Å². The van der Waals surface area contributed by atoms with Gasteiger partial charge in [-0.3, -0.25) is 9.59 Å². The molecule has 1 saturated carbocycles. The first kappa shape index (κ1) is 21.3. The second kappa shape index (κ2) is 7.94. The van der Waals surface area contributed by atoms with Gasteiger partial charge in [0.1, 0.15) is 5.82 Å². The number of hydrogen-bond acceptors (Lipinski definition) is 4. The fraction of sp³-hybridized carbons (Fsp3) is 0.500. The lowest BCUT2D eigenvalue weighted by Crippen LogP contribution is -2.26. The van der Waals surface area contributed by atoms with Gasteiger partial charge < -0.3 is 10.7 Å². The average molecular weight is 422 g/mol. The van der Waals surface area contributed by atoms with Gasteiger partial charge in [0, 0.05) is 17.0 Å². The molecule has 31 heavy (non-hydrogen) atoms. The van der Waals surface area contributed by atoms with E-state index < -0.39 is 5.91 Å². The highest BCUT2D eigenvalue weighted by molar-refractivity contribution is 5.93. The molecule has 7 nitrogen and oxygen atoms in total. The summed E-state index contributed by atoms with van der Waals surface area (Å²) in [6, 6.07) is 6.77. The highest BCUT2D eigenvalue weighted by atomic mass is 16.1. The van der Waals surface area contributed by atoms with E-state index in [2.05, 4.69) is 25.8 Å². The quantitative estimate of drug-likeness (QED) is 0.662. The predicted molar refractivity (Wildman–Crippen MR) is 121 cm³/mol. The Balaban J connectivity index is 1.75. The number of nitrogens with zero attached hydrogens (tertiary/aromatic N) is 3. The molecular weight excluding hydrogens is 390 g/mol. The summed E-state index contributed by atoms with van der Waals surface area (Å²) in [6.45, 7) is 8.96. The highest BCUT2D eigenvalue weighted by Gasteiger charge is 2.32. The molecule has 1 aromatic carbocycles. The Morgan fingerprint density at radius 2 is 1.81 bits per heavy atom. The van der Waals surface area contributed by atoms with Gasteiger partial charge in [-0.25, -0.2) is 9.50 Å². The molecule has 0 aliphatic heterocycles. The van der Waals surface area contributed by atoms with Gasteiger partial charge in [0.25, 0.3) is 5.56 Å². The lowest BCUT2D eigenvalue weighted by atomic mass is 9.70. The van der Waals surface area contributed by atoms with Crippen LogP contribution < -0.4 is 11.3 Å². The largest absolute Gasteiger partial charge is 0.366 e. The Morgan fingerprint density at radius 3 is 2.35 bits per heavy atom. The number of benzene rings is 1. The zero-order valence-electron chi connectivity index (χ0n) is 18.7. The first-order valence-corrected chi connectivity index (χ1v) is 11.1. The number of primary amides is 1. The molecule has 7 heteroatoms. The van der Waals surface area contributed by atoms with Crippen LogP contribution in [0.4, 0.5) is 0 Å². The summed E-state index contributed by atoms with van der Waals surface area (Å²) in [5, 5.41) is 4.77. The Bertz CT molecular complexity index is 1160. The van der Waals surface area contributed by atoms with E-state index >= 15 is 0 Å². The van der Waals surface area contributed by atoms with Crippen LogP contribution in [0.5, 0.6) is 0 Å². The number of hydrogen-bond donors (Lipinski definition) is 2. The number of imidazole rings is 1. The van der Waals surface area contributed by atoms with Crippen molar-refractivity contribution < 1.29 is 4.79 Å². The molecule has 1 amide bonds. The normalized spacial score (nSPS) is 19.6. The molecule has 2 heterocycles. The topological polar surface area (TPSA) is 106 Å². The zero-order chi connectivity index (χ0) is 22.3. The number of aromatic nitrogens is 4. The van der Waals surface area contributed by atoms with Gasteiger partial charge in [-0.2, -0.15) is 0 Å². The third-order valence-electron chi connectivity index (χ3n) is 6.69. The Morgan fingerprint density at radius 1 is 1.16 bits per heavy atom. The number of nitrogens with two attached hydrogens (primary N) is 1. The summed E-state index contributed by atoms with van der Waals surface area (Å²) in [5.41, 5.74) is 7.92. The molecule has 0 bridgehead atoms. The Kier molecular flexibility index (Phi) is 5.45. The zero-order valence-corrected chi connectivity index (χ0v) is 18.7. The van der Waals surface area contributed by atoms with Crippen LogP contribution in [0.15, 0.2) is 29.1 Å². The second-order valence-corrected chi connectivity index (χ2v) is 9.69. The van der Waals surface area contributed by atoms with Gasteiger partial charge in [0.2, 0.25) is 5.91 Å². The van der Waals surface area contributed by atoms with Crippen LogP contribution in [-0.2, 0) is 6.42 Å². The molecule has 0 radical (unpaired) electrons. The van der Waals surface area contributed by atoms with Crippen molar-refractivity contribution >= 4 is 11.4 Å². The van der Waals surface area contributed by atoms with E-state index in [1.54, 1.807) is 28.8 Å². The summed E-state index contributed by atoms with van der Waals surface area (Å²) in [6.07, 6.45) is 5.12. The summed E-state index contributed by atoms with van der Waals surface area (Å²) in [5.74, 6) is 1.86. The molecule has 4 rings (SSSR count). The molecule has 0 atom stereocenters. The molecule has 1 aliphatic carbocycles. The van der Waals surface area contributed by atoms with E-state index in [9.17, 15) is 9.59 Å². The third kappa shape index (κ3) is 4.01. The van der Waals surface area contributed by atoms with Crippen molar-refractivity contribution in [3.63, 3.8) is 0 Å². The lowest BCUT2D eigenvalue weighted by molar-refractivity contribution is 0.100. The van der Waals surface area contributed by atoms with Crippen LogP contribution in [0, 0.1) is 11.3 Å². The second-order valence-electron chi connectivity index (χ2n) is 9.69. The van der Waals surface area contributed by atoms with Crippen molar-refractivity contribution in [1.29, 1.82) is 0 Å². The number of amides is 1. The minimum absolute atomic E-state index is 0.192. The summed E-state index contributed by atoms with van der Waals surface area (Å²) in [4.78, 5) is 32.1. The van der Waals surface area contributed by atoms with Crippen LogP contribution >= 0.6 is 0 Å². The van der Waals surface area contributed by atoms with Gasteiger partial charge in [0.15, 0.2) is 11.3 Å². The number of carbonyl (C=O) groups is 1. The summed E-state index contributed by atoms with van der Waals surface area (Å²) >= 11 is 0. The van der Waals surface area contributed by atoms with Crippen molar-refractivity contribution in [2.24, 2.45) is 17.1 Å². The van der Waals surface area contributed by atoms with Crippen molar-refractivity contribution in [2.45, 2.75) is 65.7 Å². The first-order valence-electron chi connectivity index (χ1n) is 11.1. The number of fused-ring (bicyclic) bond motifs is 1. The molecule has 3 aromatic rings. The molecule has 0 unspecified atom stereocenters. The first-order chi connectivity index (χ1) is 14.7. The molecule has 3 N–H and O–H groups in total. The van der Waals surface area contributed by atoms with Gasteiger partial charge in [-0.15, -0.1) is 5.10 Å². The van der Waals surface area contributed by atoms with E-state index in [0.717, 1.165) is 42.8 Å². The van der Waals surface area contributed by atoms with Crippen LogP contribution in [0.3, 0.4) is 0 Å². The summed E-state index contributed by atoms with van der Waals surface area (Å²) < 4.78 is 1.76. The molecule has 1 fully saturated rings. The molecule has 164 valence electrons. The fourth-order valence-electron chi connectivity index (χ4n) is 4.75. The smallest absolute Gasteiger partial charge is 0.277 e. The number of nitrogens with one attached hydrogen (secondary N) is 1. The van der Waals surface area contributed by atoms with Crippen LogP contribution in [0.25, 0.3) is 16.9 Å². The van der Waals surface area contributed by atoms with Crippen molar-refractivity contribution in [3.8, 4) is 11.4 Å². The van der Waals surface area contributed by atoms with E-state index in [0.29, 0.717) is 40.6 Å². The number of rotatable bonds is 4. The molecule has 2 aromatic heterocycles. The average Bonchev–Trinajstić information content (AvgIpc) is 3.12. The highest BCUT2D eigenvalue weighted by Crippen LogP contribution is 2.43. The SMILES string of the molecule is CCc1nc(C2CCC(C(C)(C)C)CC2)n2nc(-c3ccc(C(N)=O)cc3)[nH]c(=O)c12. The Labute approximate surface area is 182 Å². The molecule has 0 saturated heterocycles. The van der Waals surface area contributed by atoms with Gasteiger partial charge in [-0.05, 0) is 55.6 Å². The van der Waals surface area contributed by atoms with Crippen molar-refractivity contribution in [2.75, 3.05) is 0 Å². The maximum Gasteiger partial charge on any atom is 0.277 e. The standard InChI is InChI=1S/C24H31N5O2/c1-5-18-19-23(31)27-21(15-8-6-14(7-9-15)20(25)30)28-29(19)22(26-18)16-10-12-17(13-11-16)24(2,3)4/h6-9,16-17H,5,10-13H2,1-4H3,(H2,25,30)(H,27,28,31). The molecule has 1 aliphatic rings. The van der Waals surface area contributed by atoms with Crippen LogP contribution in [0.1, 0.15) is 81.2 Å². The van der Waals surface area contributed by atoms with Gasteiger partial charge >= 0.3 is 0 Å². The fourth-order valence-corrected chi connectivity index (χ4v) is 4.75. The van der Waals surface area contributed by atoms with Crippen molar-refractivity contribution in [1.82, 2.24) is 19.6 Å². The van der Waals surface area contributed by atoms with Gasteiger partial charge in [0.05, 0.1) is 5.69 Å². The van der Waals surface area contributed by atoms with Crippen LogP contribution in [-0.4, -0.2) is 25.5 Å². The predicted octanol–water partition coefficient (Wildman–Crippen LogP) is 4.07.